The van der Waals surface area contributed by atoms with E-state index in [-0.39, 0.29) is 23.1 Å². The molecule has 1 fully saturated rings. The number of aryl methyl sites for hydroxylation is 1. The number of nitriles is 1. The first kappa shape index (κ1) is 22.2. The van der Waals surface area contributed by atoms with Crippen LogP contribution < -0.4 is 15.6 Å². The molecule has 33 heavy (non-hydrogen) atoms. The van der Waals surface area contributed by atoms with Gasteiger partial charge in [0.2, 0.25) is 5.88 Å². The van der Waals surface area contributed by atoms with Gasteiger partial charge >= 0.3 is 0 Å². The Labute approximate surface area is 191 Å². The average molecular weight is 444 g/mol. The Balaban J connectivity index is 1.71. The lowest BCUT2D eigenvalue weighted by atomic mass is 10.1. The van der Waals surface area contributed by atoms with E-state index in [2.05, 4.69) is 17.2 Å². The van der Waals surface area contributed by atoms with Crippen LogP contribution in [0.1, 0.15) is 30.9 Å². The van der Waals surface area contributed by atoms with Gasteiger partial charge < -0.3 is 14.8 Å². The second-order valence-corrected chi connectivity index (χ2v) is 7.68. The highest BCUT2D eigenvalue weighted by atomic mass is 16.5. The minimum atomic E-state index is -0.580. The Morgan fingerprint density at radius 2 is 2.15 bits per heavy atom. The molecule has 8 nitrogen and oxygen atoms in total. The molecule has 0 radical (unpaired) electrons. The zero-order valence-corrected chi connectivity index (χ0v) is 18.3. The number of hydrogen-bond acceptors (Lipinski definition) is 6. The van der Waals surface area contributed by atoms with Crippen molar-refractivity contribution in [2.45, 2.75) is 32.3 Å². The summed E-state index contributed by atoms with van der Waals surface area (Å²) in [5, 5.41) is 12.3. The van der Waals surface area contributed by atoms with Crippen LogP contribution in [0.5, 0.6) is 11.6 Å². The van der Waals surface area contributed by atoms with Crippen molar-refractivity contribution >= 4 is 17.6 Å². The Morgan fingerprint density at radius 3 is 2.85 bits per heavy atom. The molecule has 1 aliphatic heterocycles. The van der Waals surface area contributed by atoms with E-state index in [0.717, 1.165) is 24.8 Å². The van der Waals surface area contributed by atoms with Gasteiger partial charge in [-0.25, -0.2) is 0 Å². The number of fused-ring (bicyclic) bond motifs is 1. The van der Waals surface area contributed by atoms with Gasteiger partial charge in [-0.2, -0.15) is 10.2 Å². The standard InChI is InChI=1S/C25H24N4O4/c1-2-17-8-10-19(11-9-17)33-24-21(25(31)29-12-4-3-7-22(29)28-24)14-18(15-26)23(30)27-16-20-6-5-13-32-20/h3-4,7-12,14,20H,2,5-6,13,16H2,1H3,(H,27,30). The molecule has 1 unspecified atom stereocenters. The topological polar surface area (TPSA) is 106 Å². The first-order valence-electron chi connectivity index (χ1n) is 10.9. The molecule has 1 N–H and O–H groups in total. The molecule has 1 amide bonds. The third kappa shape index (κ3) is 5.10. The van der Waals surface area contributed by atoms with Gasteiger partial charge in [-0.05, 0) is 55.2 Å². The van der Waals surface area contributed by atoms with Crippen molar-refractivity contribution in [3.63, 3.8) is 0 Å². The van der Waals surface area contributed by atoms with Crippen molar-refractivity contribution in [1.82, 2.24) is 14.7 Å². The molecule has 0 aliphatic carbocycles. The summed E-state index contributed by atoms with van der Waals surface area (Å²) < 4.78 is 12.8. The van der Waals surface area contributed by atoms with Crippen molar-refractivity contribution in [2.75, 3.05) is 13.2 Å². The zero-order valence-electron chi connectivity index (χ0n) is 18.3. The van der Waals surface area contributed by atoms with Gasteiger partial charge in [-0.1, -0.05) is 25.1 Å². The molecular weight excluding hydrogens is 420 g/mol. The van der Waals surface area contributed by atoms with Crippen molar-refractivity contribution in [3.8, 4) is 17.7 Å². The van der Waals surface area contributed by atoms with Crippen molar-refractivity contribution in [2.24, 2.45) is 0 Å². The minimum absolute atomic E-state index is 0.0158. The van der Waals surface area contributed by atoms with Gasteiger partial charge in [0.1, 0.15) is 28.6 Å². The highest BCUT2D eigenvalue weighted by Gasteiger charge is 2.20. The number of pyridine rings is 1. The van der Waals surface area contributed by atoms with E-state index < -0.39 is 11.5 Å². The van der Waals surface area contributed by atoms with Crippen LogP contribution in [0.15, 0.2) is 59.0 Å². The SMILES string of the molecule is CCc1ccc(Oc2nc3ccccn3c(=O)c2C=C(C#N)C(=O)NCC2CCCO2)cc1. The molecule has 1 aliphatic rings. The van der Waals surface area contributed by atoms with Crippen LogP contribution in [0.4, 0.5) is 0 Å². The van der Waals surface area contributed by atoms with Crippen LogP contribution >= 0.6 is 0 Å². The molecule has 3 heterocycles. The van der Waals surface area contributed by atoms with Gasteiger partial charge in [0.25, 0.3) is 11.5 Å². The molecule has 1 saturated heterocycles. The second-order valence-electron chi connectivity index (χ2n) is 7.68. The highest BCUT2D eigenvalue weighted by Crippen LogP contribution is 2.24. The molecule has 1 aromatic carbocycles. The van der Waals surface area contributed by atoms with E-state index in [1.807, 2.05) is 18.2 Å². The Morgan fingerprint density at radius 1 is 1.33 bits per heavy atom. The Hall–Kier alpha value is -3.96. The van der Waals surface area contributed by atoms with Gasteiger partial charge in [-0.3, -0.25) is 14.0 Å². The predicted octanol–water partition coefficient (Wildman–Crippen LogP) is 3.25. The monoisotopic (exact) mass is 444 g/mol. The summed E-state index contributed by atoms with van der Waals surface area (Å²) in [6, 6.07) is 14.5. The van der Waals surface area contributed by atoms with Crippen LogP contribution in [-0.2, 0) is 16.0 Å². The lowest BCUT2D eigenvalue weighted by Gasteiger charge is -2.12. The molecule has 0 bridgehead atoms. The Kier molecular flexibility index (Phi) is 6.81. The van der Waals surface area contributed by atoms with Crippen LogP contribution in [0.25, 0.3) is 11.7 Å². The molecule has 4 rings (SSSR count). The molecule has 168 valence electrons. The van der Waals surface area contributed by atoms with E-state index in [1.54, 1.807) is 36.5 Å². The van der Waals surface area contributed by atoms with E-state index in [1.165, 1.54) is 10.5 Å². The summed E-state index contributed by atoms with van der Waals surface area (Å²) in [6.45, 7) is 3.03. The number of carbonyl (C=O) groups excluding carboxylic acids is 1. The summed E-state index contributed by atoms with van der Waals surface area (Å²) in [7, 11) is 0. The number of benzene rings is 1. The van der Waals surface area contributed by atoms with Crippen molar-refractivity contribution in [1.29, 1.82) is 5.26 Å². The summed E-state index contributed by atoms with van der Waals surface area (Å²) >= 11 is 0. The van der Waals surface area contributed by atoms with Gasteiger partial charge in [-0.15, -0.1) is 0 Å². The van der Waals surface area contributed by atoms with E-state index in [0.29, 0.717) is 24.5 Å². The lowest BCUT2D eigenvalue weighted by Crippen LogP contribution is -2.32. The van der Waals surface area contributed by atoms with Crippen LogP contribution in [0.2, 0.25) is 0 Å². The molecule has 1 atom stereocenters. The third-order valence-corrected chi connectivity index (χ3v) is 5.45. The summed E-state index contributed by atoms with van der Waals surface area (Å²) in [5.74, 6) is -0.0608. The third-order valence-electron chi connectivity index (χ3n) is 5.45. The normalized spacial score (nSPS) is 15.9. The van der Waals surface area contributed by atoms with E-state index >= 15 is 0 Å². The molecular formula is C25H24N4O4. The maximum absolute atomic E-state index is 13.2. The number of ether oxygens (including phenoxy) is 2. The van der Waals surface area contributed by atoms with Crippen LogP contribution in [0.3, 0.4) is 0 Å². The van der Waals surface area contributed by atoms with Crippen molar-refractivity contribution < 1.29 is 14.3 Å². The largest absolute Gasteiger partial charge is 0.438 e. The van der Waals surface area contributed by atoms with Crippen molar-refractivity contribution in [3.05, 3.63) is 75.7 Å². The first-order chi connectivity index (χ1) is 16.1. The fourth-order valence-corrected chi connectivity index (χ4v) is 3.59. The average Bonchev–Trinajstić information content (AvgIpc) is 3.37. The molecule has 0 spiro atoms. The van der Waals surface area contributed by atoms with Crippen LogP contribution in [0, 0.1) is 11.3 Å². The number of carbonyl (C=O) groups is 1. The van der Waals surface area contributed by atoms with Gasteiger partial charge in [0.05, 0.1) is 6.10 Å². The predicted molar refractivity (Wildman–Crippen MR) is 123 cm³/mol. The Bertz CT molecular complexity index is 1280. The number of nitrogens with one attached hydrogen (secondary N) is 1. The number of amides is 1. The zero-order chi connectivity index (χ0) is 23.2. The summed E-state index contributed by atoms with van der Waals surface area (Å²) in [4.78, 5) is 30.3. The minimum Gasteiger partial charge on any atom is -0.438 e. The quantitative estimate of drug-likeness (QED) is 0.443. The van der Waals surface area contributed by atoms with E-state index in [9.17, 15) is 14.9 Å². The second kappa shape index (κ2) is 10.1. The highest BCUT2D eigenvalue weighted by molar-refractivity contribution is 6.01. The maximum atomic E-state index is 13.2. The maximum Gasteiger partial charge on any atom is 0.269 e. The molecule has 0 saturated carbocycles. The lowest BCUT2D eigenvalue weighted by molar-refractivity contribution is -0.117. The number of rotatable bonds is 7. The number of aromatic nitrogens is 2. The smallest absolute Gasteiger partial charge is 0.269 e. The summed E-state index contributed by atoms with van der Waals surface area (Å²) in [5.41, 5.74) is 0.890. The fraction of sp³-hybridized carbons (Fsp3) is 0.280. The molecule has 2 aromatic heterocycles. The van der Waals surface area contributed by atoms with Gasteiger partial charge in [0, 0.05) is 19.3 Å². The van der Waals surface area contributed by atoms with Gasteiger partial charge in [0.15, 0.2) is 0 Å². The van der Waals surface area contributed by atoms with E-state index in [4.69, 9.17) is 9.47 Å². The number of hydrogen-bond donors (Lipinski definition) is 1. The summed E-state index contributed by atoms with van der Waals surface area (Å²) in [6.07, 6.45) is 5.43. The fourth-order valence-electron chi connectivity index (χ4n) is 3.59. The molecule has 8 heteroatoms. The van der Waals surface area contributed by atoms with Crippen LogP contribution in [-0.4, -0.2) is 34.5 Å². The molecule has 3 aromatic rings. The number of nitrogens with zero attached hydrogens (tertiary/aromatic N) is 3. The first-order valence-corrected chi connectivity index (χ1v) is 10.9.